The molecule has 0 fully saturated rings. The Morgan fingerprint density at radius 1 is 1.07 bits per heavy atom. The zero-order valence-corrected chi connectivity index (χ0v) is 16.5. The second kappa shape index (κ2) is 9.58. The molecule has 8 heteroatoms. The summed E-state index contributed by atoms with van der Waals surface area (Å²) in [5.41, 5.74) is 1.97. The summed E-state index contributed by atoms with van der Waals surface area (Å²) in [4.78, 5) is 0. The van der Waals surface area contributed by atoms with Gasteiger partial charge in [0.25, 0.3) is 0 Å². The van der Waals surface area contributed by atoms with Crippen molar-refractivity contribution in [3.8, 4) is 5.75 Å². The Bertz CT molecular complexity index is 867. The van der Waals surface area contributed by atoms with Gasteiger partial charge in [0, 0.05) is 28.7 Å². The third kappa shape index (κ3) is 5.58. The van der Waals surface area contributed by atoms with Gasteiger partial charge in [0.1, 0.15) is 12.4 Å². The largest absolute Gasteiger partial charge is 0.489 e. The second-order valence-corrected chi connectivity index (χ2v) is 6.97. The first-order valence-corrected chi connectivity index (χ1v) is 9.57. The van der Waals surface area contributed by atoms with E-state index in [1.165, 1.54) is 0 Å². The molecule has 1 aromatic heterocycles. The van der Waals surface area contributed by atoms with E-state index in [2.05, 4.69) is 27.8 Å². The molecule has 0 atom stereocenters. The summed E-state index contributed by atoms with van der Waals surface area (Å²) >= 11 is 12.1. The Balaban J connectivity index is 1.67. The van der Waals surface area contributed by atoms with E-state index >= 15 is 0 Å². The molecule has 3 rings (SSSR count). The molecule has 0 bridgehead atoms. The van der Waals surface area contributed by atoms with Crippen LogP contribution in [0.15, 0.2) is 42.5 Å². The molecule has 6 nitrogen and oxygen atoms in total. The van der Waals surface area contributed by atoms with Crippen LogP contribution in [0.1, 0.15) is 30.9 Å². The Kier molecular flexibility index (Phi) is 6.90. The molecule has 142 valence electrons. The van der Waals surface area contributed by atoms with Crippen LogP contribution in [0.2, 0.25) is 10.0 Å². The van der Waals surface area contributed by atoms with Crippen LogP contribution in [0, 0.1) is 0 Å². The first-order chi connectivity index (χ1) is 13.2. The van der Waals surface area contributed by atoms with Crippen LogP contribution in [0.3, 0.4) is 0 Å². The summed E-state index contributed by atoms with van der Waals surface area (Å²) in [5, 5.41) is 16.4. The normalized spacial score (nSPS) is 10.8. The standard InChI is InChI=1S/C19H21Cl2N5O/c1-2-3-10-26-19(23-24-25-26)22-12-15-11-17(21)8-9-18(15)27-13-14-4-6-16(20)7-5-14/h4-9,11H,2-3,10,12-13H2,1H3,(H,22,23,25). The van der Waals surface area contributed by atoms with E-state index in [0.717, 1.165) is 36.3 Å². The van der Waals surface area contributed by atoms with Crippen LogP contribution in [0.25, 0.3) is 0 Å². The Morgan fingerprint density at radius 3 is 2.63 bits per heavy atom. The van der Waals surface area contributed by atoms with Crippen molar-refractivity contribution >= 4 is 29.2 Å². The number of benzene rings is 2. The molecule has 0 amide bonds. The molecule has 0 aliphatic heterocycles. The van der Waals surface area contributed by atoms with Crippen molar-refractivity contribution in [1.29, 1.82) is 0 Å². The fraction of sp³-hybridized carbons (Fsp3) is 0.316. The molecule has 0 radical (unpaired) electrons. The van der Waals surface area contributed by atoms with Gasteiger partial charge in [0.2, 0.25) is 5.95 Å². The number of unbranched alkanes of at least 4 members (excludes halogenated alkanes) is 1. The van der Waals surface area contributed by atoms with Crippen molar-refractivity contribution in [2.45, 2.75) is 39.5 Å². The fourth-order valence-corrected chi connectivity index (χ4v) is 2.85. The van der Waals surface area contributed by atoms with Gasteiger partial charge in [-0.05, 0) is 52.7 Å². The summed E-state index contributed by atoms with van der Waals surface area (Å²) < 4.78 is 7.75. The number of hydrogen-bond donors (Lipinski definition) is 1. The van der Waals surface area contributed by atoms with E-state index in [9.17, 15) is 0 Å². The third-order valence-corrected chi connectivity index (χ3v) is 4.51. The number of nitrogens with one attached hydrogen (secondary N) is 1. The zero-order chi connectivity index (χ0) is 19.1. The average molecular weight is 406 g/mol. The van der Waals surface area contributed by atoms with Crippen molar-refractivity contribution in [2.24, 2.45) is 0 Å². The minimum atomic E-state index is 0.444. The number of ether oxygens (including phenoxy) is 1. The first-order valence-electron chi connectivity index (χ1n) is 8.81. The number of hydrogen-bond acceptors (Lipinski definition) is 5. The molecular weight excluding hydrogens is 385 g/mol. The maximum atomic E-state index is 6.17. The number of rotatable bonds is 9. The summed E-state index contributed by atoms with van der Waals surface area (Å²) in [5.74, 6) is 1.39. The minimum absolute atomic E-state index is 0.444. The quantitative estimate of drug-likeness (QED) is 0.544. The van der Waals surface area contributed by atoms with Crippen LogP contribution in [-0.2, 0) is 19.7 Å². The topological polar surface area (TPSA) is 64.9 Å². The van der Waals surface area contributed by atoms with Gasteiger partial charge in [-0.1, -0.05) is 53.8 Å². The van der Waals surface area contributed by atoms with Gasteiger partial charge in [0.15, 0.2) is 0 Å². The SMILES string of the molecule is CCCCn1nnnc1NCc1cc(Cl)ccc1OCc1ccc(Cl)cc1. The Labute approximate surface area is 168 Å². The molecule has 3 aromatic rings. The number of tetrazole rings is 1. The van der Waals surface area contributed by atoms with Crippen molar-refractivity contribution in [2.75, 3.05) is 5.32 Å². The lowest BCUT2D eigenvalue weighted by atomic mass is 10.2. The highest BCUT2D eigenvalue weighted by Gasteiger charge is 2.09. The highest BCUT2D eigenvalue weighted by molar-refractivity contribution is 6.30. The molecule has 2 aromatic carbocycles. The van der Waals surface area contributed by atoms with Crippen LogP contribution < -0.4 is 10.1 Å². The molecule has 1 heterocycles. The number of aromatic nitrogens is 4. The predicted octanol–water partition coefficient (Wildman–Crippen LogP) is 4.97. The van der Waals surface area contributed by atoms with Crippen molar-refractivity contribution in [1.82, 2.24) is 20.2 Å². The third-order valence-electron chi connectivity index (χ3n) is 4.02. The Morgan fingerprint density at radius 2 is 1.85 bits per heavy atom. The van der Waals surface area contributed by atoms with Crippen molar-refractivity contribution in [3.63, 3.8) is 0 Å². The summed E-state index contributed by atoms with van der Waals surface area (Å²) in [6.07, 6.45) is 2.10. The van der Waals surface area contributed by atoms with Crippen LogP contribution in [-0.4, -0.2) is 20.2 Å². The van der Waals surface area contributed by atoms with Gasteiger partial charge in [-0.25, -0.2) is 4.68 Å². The van der Waals surface area contributed by atoms with Crippen molar-refractivity contribution < 1.29 is 4.74 Å². The van der Waals surface area contributed by atoms with E-state index in [4.69, 9.17) is 27.9 Å². The lowest BCUT2D eigenvalue weighted by Gasteiger charge is -2.13. The monoisotopic (exact) mass is 405 g/mol. The lowest BCUT2D eigenvalue weighted by Crippen LogP contribution is -2.10. The molecule has 0 unspecified atom stereocenters. The maximum absolute atomic E-state index is 6.17. The predicted molar refractivity (Wildman–Crippen MR) is 107 cm³/mol. The van der Waals surface area contributed by atoms with Gasteiger partial charge in [-0.2, -0.15) is 0 Å². The first kappa shape index (κ1) is 19.5. The smallest absolute Gasteiger partial charge is 0.243 e. The minimum Gasteiger partial charge on any atom is -0.489 e. The molecule has 0 saturated heterocycles. The van der Waals surface area contributed by atoms with E-state index in [0.29, 0.717) is 29.1 Å². The van der Waals surface area contributed by atoms with Crippen LogP contribution >= 0.6 is 23.2 Å². The maximum Gasteiger partial charge on any atom is 0.243 e. The van der Waals surface area contributed by atoms with E-state index < -0.39 is 0 Å². The molecule has 0 aliphatic rings. The van der Waals surface area contributed by atoms with E-state index in [1.807, 2.05) is 42.5 Å². The van der Waals surface area contributed by atoms with E-state index in [-0.39, 0.29) is 0 Å². The molecule has 1 N–H and O–H groups in total. The van der Waals surface area contributed by atoms with Gasteiger partial charge >= 0.3 is 0 Å². The second-order valence-electron chi connectivity index (χ2n) is 6.10. The van der Waals surface area contributed by atoms with Crippen molar-refractivity contribution in [3.05, 3.63) is 63.6 Å². The number of aryl methyl sites for hydroxylation is 1. The number of nitrogens with zero attached hydrogens (tertiary/aromatic N) is 4. The molecular formula is C19H21Cl2N5O. The van der Waals surface area contributed by atoms with Gasteiger partial charge in [-0.3, -0.25) is 0 Å². The van der Waals surface area contributed by atoms with Crippen LogP contribution in [0.4, 0.5) is 5.95 Å². The lowest BCUT2D eigenvalue weighted by molar-refractivity contribution is 0.303. The number of halogens is 2. The van der Waals surface area contributed by atoms with Gasteiger partial charge in [0.05, 0.1) is 0 Å². The van der Waals surface area contributed by atoms with Crippen LogP contribution in [0.5, 0.6) is 5.75 Å². The zero-order valence-electron chi connectivity index (χ0n) is 15.0. The molecule has 0 spiro atoms. The van der Waals surface area contributed by atoms with Gasteiger partial charge < -0.3 is 10.1 Å². The van der Waals surface area contributed by atoms with Gasteiger partial charge in [-0.15, -0.1) is 0 Å². The molecule has 0 aliphatic carbocycles. The fourth-order valence-electron chi connectivity index (χ4n) is 2.53. The van der Waals surface area contributed by atoms with E-state index in [1.54, 1.807) is 4.68 Å². The highest BCUT2D eigenvalue weighted by atomic mass is 35.5. The Hall–Kier alpha value is -2.31. The highest BCUT2D eigenvalue weighted by Crippen LogP contribution is 2.25. The summed E-state index contributed by atoms with van der Waals surface area (Å²) in [6, 6.07) is 13.1. The number of anilines is 1. The average Bonchev–Trinajstić information content (AvgIpc) is 3.12. The summed E-state index contributed by atoms with van der Waals surface area (Å²) in [7, 11) is 0. The molecule has 0 saturated carbocycles. The molecule has 27 heavy (non-hydrogen) atoms. The summed E-state index contributed by atoms with van der Waals surface area (Å²) in [6.45, 7) is 3.86.